The molecule has 1 aromatic rings. The minimum Gasteiger partial charge on any atom is -0.394 e. The zero-order chi connectivity index (χ0) is 8.97. The molecule has 0 bridgehead atoms. The van der Waals surface area contributed by atoms with Crippen LogP contribution < -0.4 is 5.32 Å². The Bertz CT molecular complexity index is 256. The van der Waals surface area contributed by atoms with Crippen LogP contribution in [0.15, 0.2) is 12.3 Å². The summed E-state index contributed by atoms with van der Waals surface area (Å²) in [6.45, 7) is 1.90. The average Bonchev–Trinajstić information content (AvgIpc) is 2.04. The summed E-state index contributed by atoms with van der Waals surface area (Å²) in [5.74, 6) is 0.622. The van der Waals surface area contributed by atoms with Crippen LogP contribution in [-0.2, 0) is 0 Å². The molecule has 1 rings (SSSR count). The number of aromatic nitrogens is 2. The molecule has 1 atom stereocenters. The van der Waals surface area contributed by atoms with Crippen molar-refractivity contribution in [3.63, 3.8) is 0 Å². The first-order valence-corrected chi connectivity index (χ1v) is 3.96. The van der Waals surface area contributed by atoms with Crippen molar-refractivity contribution in [1.29, 1.82) is 0 Å². The number of hydrogen-bond acceptors (Lipinski definition) is 4. The maximum Gasteiger partial charge on any atom is 0.224 e. The first-order chi connectivity index (χ1) is 5.72. The molecule has 0 aliphatic heterocycles. The molecule has 0 fully saturated rings. The molecule has 0 amide bonds. The van der Waals surface area contributed by atoms with Gasteiger partial charge in [0, 0.05) is 12.2 Å². The summed E-state index contributed by atoms with van der Waals surface area (Å²) in [4.78, 5) is 7.62. The average molecular weight is 188 g/mol. The molecule has 1 unspecified atom stereocenters. The maximum absolute atomic E-state index is 8.73. The lowest BCUT2D eigenvalue weighted by atomic mass is 10.3. The third kappa shape index (κ3) is 2.64. The van der Waals surface area contributed by atoms with E-state index >= 15 is 0 Å². The van der Waals surface area contributed by atoms with Gasteiger partial charge in [-0.15, -0.1) is 0 Å². The van der Waals surface area contributed by atoms with Crippen molar-refractivity contribution in [2.45, 2.75) is 13.0 Å². The number of halogens is 1. The van der Waals surface area contributed by atoms with Gasteiger partial charge in [0.05, 0.1) is 6.61 Å². The highest BCUT2D eigenvalue weighted by Crippen LogP contribution is 2.06. The fourth-order valence-corrected chi connectivity index (χ4v) is 0.861. The summed E-state index contributed by atoms with van der Waals surface area (Å²) in [7, 11) is 0. The van der Waals surface area contributed by atoms with Crippen molar-refractivity contribution in [3.05, 3.63) is 17.5 Å². The van der Waals surface area contributed by atoms with Crippen molar-refractivity contribution >= 4 is 17.4 Å². The van der Waals surface area contributed by atoms with Crippen LogP contribution in [0.5, 0.6) is 0 Å². The molecule has 0 spiro atoms. The van der Waals surface area contributed by atoms with Crippen molar-refractivity contribution in [2.75, 3.05) is 11.9 Å². The zero-order valence-corrected chi connectivity index (χ0v) is 7.41. The predicted octanol–water partition coefficient (Wildman–Crippen LogP) is 0.923. The number of hydrogen-bond donors (Lipinski definition) is 2. The number of nitrogens with zero attached hydrogens (tertiary/aromatic N) is 2. The number of aliphatic hydroxyl groups excluding tert-OH is 1. The van der Waals surface area contributed by atoms with Crippen LogP contribution in [0.2, 0.25) is 5.28 Å². The molecule has 0 saturated carbocycles. The van der Waals surface area contributed by atoms with Gasteiger partial charge in [0.15, 0.2) is 0 Å². The second-order valence-corrected chi connectivity index (χ2v) is 2.78. The van der Waals surface area contributed by atoms with Crippen LogP contribution in [0.25, 0.3) is 0 Å². The van der Waals surface area contributed by atoms with Crippen LogP contribution in [0.3, 0.4) is 0 Å². The van der Waals surface area contributed by atoms with Crippen LogP contribution >= 0.6 is 11.6 Å². The first kappa shape index (κ1) is 9.22. The second-order valence-electron chi connectivity index (χ2n) is 2.44. The summed E-state index contributed by atoms with van der Waals surface area (Å²) in [5.41, 5.74) is 0. The van der Waals surface area contributed by atoms with E-state index < -0.39 is 0 Å². The summed E-state index contributed by atoms with van der Waals surface area (Å²) in [5, 5.41) is 11.9. The molecular weight excluding hydrogens is 178 g/mol. The van der Waals surface area contributed by atoms with Gasteiger partial charge >= 0.3 is 0 Å². The third-order valence-electron chi connectivity index (χ3n) is 1.29. The zero-order valence-electron chi connectivity index (χ0n) is 6.66. The van der Waals surface area contributed by atoms with Gasteiger partial charge in [0.25, 0.3) is 0 Å². The SMILES string of the molecule is CC(CO)Nc1ccnc(Cl)n1. The molecule has 0 aliphatic rings. The molecule has 0 radical (unpaired) electrons. The smallest absolute Gasteiger partial charge is 0.224 e. The highest BCUT2D eigenvalue weighted by Gasteiger charge is 2.00. The van der Waals surface area contributed by atoms with Crippen LogP contribution in [0.1, 0.15) is 6.92 Å². The van der Waals surface area contributed by atoms with Gasteiger partial charge in [-0.2, -0.15) is 0 Å². The highest BCUT2D eigenvalue weighted by atomic mass is 35.5. The van der Waals surface area contributed by atoms with Crippen molar-refractivity contribution in [2.24, 2.45) is 0 Å². The van der Waals surface area contributed by atoms with E-state index in [4.69, 9.17) is 16.7 Å². The summed E-state index contributed by atoms with van der Waals surface area (Å²) < 4.78 is 0. The van der Waals surface area contributed by atoms with E-state index in [-0.39, 0.29) is 17.9 Å². The minimum atomic E-state index is -0.0315. The van der Waals surface area contributed by atoms with Crippen molar-refractivity contribution < 1.29 is 5.11 Å². The Hall–Kier alpha value is -0.870. The Kier molecular flexibility index (Phi) is 3.25. The number of nitrogens with one attached hydrogen (secondary N) is 1. The van der Waals surface area contributed by atoms with E-state index in [1.54, 1.807) is 12.3 Å². The minimum absolute atomic E-state index is 0.0315. The molecule has 5 heteroatoms. The van der Waals surface area contributed by atoms with Gasteiger partial charge in [-0.3, -0.25) is 0 Å². The van der Waals surface area contributed by atoms with E-state index in [0.29, 0.717) is 5.82 Å². The predicted molar refractivity (Wildman–Crippen MR) is 47.2 cm³/mol. The topological polar surface area (TPSA) is 58.0 Å². The van der Waals surface area contributed by atoms with E-state index in [1.807, 2.05) is 6.92 Å². The molecule has 0 saturated heterocycles. The number of aliphatic hydroxyl groups is 1. The van der Waals surface area contributed by atoms with Crippen LogP contribution in [-0.4, -0.2) is 27.7 Å². The Morgan fingerprint density at radius 1 is 1.75 bits per heavy atom. The highest BCUT2D eigenvalue weighted by molar-refractivity contribution is 6.28. The summed E-state index contributed by atoms with van der Waals surface area (Å²) in [6.07, 6.45) is 1.56. The third-order valence-corrected chi connectivity index (χ3v) is 1.48. The van der Waals surface area contributed by atoms with Crippen molar-refractivity contribution in [3.8, 4) is 0 Å². The first-order valence-electron chi connectivity index (χ1n) is 3.58. The van der Waals surface area contributed by atoms with Gasteiger partial charge in [0.1, 0.15) is 5.82 Å². The lowest BCUT2D eigenvalue weighted by Gasteiger charge is -2.10. The van der Waals surface area contributed by atoms with E-state index in [1.165, 1.54) is 0 Å². The Morgan fingerprint density at radius 2 is 2.50 bits per heavy atom. The largest absolute Gasteiger partial charge is 0.394 e. The van der Waals surface area contributed by atoms with Crippen LogP contribution in [0.4, 0.5) is 5.82 Å². The molecule has 2 N–H and O–H groups in total. The van der Waals surface area contributed by atoms with Gasteiger partial charge in [-0.25, -0.2) is 9.97 Å². The number of rotatable bonds is 3. The van der Waals surface area contributed by atoms with E-state index in [9.17, 15) is 0 Å². The van der Waals surface area contributed by atoms with Crippen LogP contribution in [0, 0.1) is 0 Å². The fraction of sp³-hybridized carbons (Fsp3) is 0.429. The van der Waals surface area contributed by atoms with Gasteiger partial charge in [-0.05, 0) is 24.6 Å². The second kappa shape index (κ2) is 4.23. The Balaban J connectivity index is 2.63. The van der Waals surface area contributed by atoms with Gasteiger partial charge in [-0.1, -0.05) is 0 Å². The fourth-order valence-electron chi connectivity index (χ4n) is 0.713. The summed E-state index contributed by atoms with van der Waals surface area (Å²) >= 11 is 5.55. The normalized spacial score (nSPS) is 12.6. The quantitative estimate of drug-likeness (QED) is 0.691. The van der Waals surface area contributed by atoms with Gasteiger partial charge in [0.2, 0.25) is 5.28 Å². The monoisotopic (exact) mass is 187 g/mol. The van der Waals surface area contributed by atoms with E-state index in [0.717, 1.165) is 0 Å². The molecule has 1 aromatic heterocycles. The van der Waals surface area contributed by atoms with Crippen molar-refractivity contribution in [1.82, 2.24) is 9.97 Å². The molecule has 0 aromatic carbocycles. The molecular formula is C7H10ClN3O. The lowest BCUT2D eigenvalue weighted by Crippen LogP contribution is -2.19. The molecule has 12 heavy (non-hydrogen) atoms. The number of anilines is 1. The summed E-state index contributed by atoms with van der Waals surface area (Å²) in [6, 6.07) is 1.66. The standard InChI is InChI=1S/C7H10ClN3O/c1-5(4-12)10-6-2-3-9-7(8)11-6/h2-3,5,12H,4H2,1H3,(H,9,10,11). The van der Waals surface area contributed by atoms with E-state index in [2.05, 4.69) is 15.3 Å². The van der Waals surface area contributed by atoms with Gasteiger partial charge < -0.3 is 10.4 Å². The molecule has 1 heterocycles. The lowest BCUT2D eigenvalue weighted by molar-refractivity contribution is 0.281. The molecule has 4 nitrogen and oxygen atoms in total. The molecule has 0 aliphatic carbocycles. The Labute approximate surface area is 75.6 Å². The Morgan fingerprint density at radius 3 is 3.08 bits per heavy atom. The molecule has 66 valence electrons. The maximum atomic E-state index is 8.73.